The van der Waals surface area contributed by atoms with Crippen molar-refractivity contribution in [3.8, 4) is 17.2 Å². The van der Waals surface area contributed by atoms with Crippen LogP contribution < -0.4 is 19.5 Å². The molecule has 0 aliphatic rings. The Morgan fingerprint density at radius 3 is 2.35 bits per heavy atom. The van der Waals surface area contributed by atoms with Crippen LogP contribution in [0.15, 0.2) is 42.5 Å². The first kappa shape index (κ1) is 19.6. The summed E-state index contributed by atoms with van der Waals surface area (Å²) in [6, 6.07) is 12.9. The molecule has 1 atom stereocenters. The molecule has 0 bridgehead atoms. The molecule has 0 spiro atoms. The van der Waals surface area contributed by atoms with Crippen LogP contribution in [0.1, 0.15) is 42.6 Å². The average Bonchev–Trinajstić information content (AvgIpc) is 2.66. The molecule has 0 aromatic heterocycles. The maximum Gasteiger partial charge on any atom is 0.251 e. The van der Waals surface area contributed by atoms with Gasteiger partial charge < -0.3 is 19.5 Å². The van der Waals surface area contributed by atoms with Gasteiger partial charge in [-0.15, -0.1) is 0 Å². The molecule has 1 amide bonds. The third-order valence-electron chi connectivity index (χ3n) is 4.10. The molecule has 0 saturated heterocycles. The minimum absolute atomic E-state index is 0.0840. The second kappa shape index (κ2) is 9.70. The number of nitrogens with one attached hydrogen (secondary N) is 1. The number of amides is 1. The Balaban J connectivity index is 2.09. The van der Waals surface area contributed by atoms with Gasteiger partial charge in [0.15, 0.2) is 0 Å². The molecule has 2 aromatic rings. The zero-order chi connectivity index (χ0) is 18.9. The van der Waals surface area contributed by atoms with Crippen LogP contribution >= 0.6 is 0 Å². The molecular weight excluding hydrogens is 330 g/mol. The fraction of sp³-hybridized carbons (Fsp3) is 0.381. The molecule has 0 fully saturated rings. The summed E-state index contributed by atoms with van der Waals surface area (Å²) in [6.07, 6.45) is 1.99. The van der Waals surface area contributed by atoms with Crippen molar-refractivity contribution in [3.63, 3.8) is 0 Å². The highest BCUT2D eigenvalue weighted by atomic mass is 16.5. The van der Waals surface area contributed by atoms with E-state index in [4.69, 9.17) is 14.2 Å². The number of ether oxygens (including phenoxy) is 3. The molecule has 0 heterocycles. The van der Waals surface area contributed by atoms with Crippen LogP contribution in [0.5, 0.6) is 17.2 Å². The first-order chi connectivity index (χ1) is 12.6. The van der Waals surface area contributed by atoms with E-state index in [1.165, 1.54) is 0 Å². The van der Waals surface area contributed by atoms with E-state index in [1.54, 1.807) is 26.4 Å². The lowest BCUT2D eigenvalue weighted by Crippen LogP contribution is -2.32. The number of benzene rings is 2. The summed E-state index contributed by atoms with van der Waals surface area (Å²) < 4.78 is 16.4. The SMILES string of the molecule is CCC[C@@H](C)NC(=O)c1ccc(OC)c(COc2ccc(OC)cc2)c1. The van der Waals surface area contributed by atoms with Crippen LogP contribution in [0.3, 0.4) is 0 Å². The average molecular weight is 357 g/mol. The van der Waals surface area contributed by atoms with Gasteiger partial charge in [-0.05, 0) is 55.8 Å². The number of hydrogen-bond donors (Lipinski definition) is 1. The number of carbonyl (C=O) groups is 1. The Kier molecular flexibility index (Phi) is 7.33. The first-order valence-electron chi connectivity index (χ1n) is 8.82. The largest absolute Gasteiger partial charge is 0.497 e. The molecule has 5 heteroatoms. The molecule has 0 radical (unpaired) electrons. The summed E-state index contributed by atoms with van der Waals surface area (Å²) in [7, 11) is 3.23. The van der Waals surface area contributed by atoms with E-state index in [2.05, 4.69) is 12.2 Å². The van der Waals surface area contributed by atoms with Gasteiger partial charge in [-0.2, -0.15) is 0 Å². The lowest BCUT2D eigenvalue weighted by Gasteiger charge is -2.15. The van der Waals surface area contributed by atoms with Crippen molar-refractivity contribution in [2.75, 3.05) is 14.2 Å². The molecule has 26 heavy (non-hydrogen) atoms. The van der Waals surface area contributed by atoms with Gasteiger partial charge in [0.2, 0.25) is 0 Å². The van der Waals surface area contributed by atoms with E-state index in [-0.39, 0.29) is 11.9 Å². The van der Waals surface area contributed by atoms with Gasteiger partial charge in [-0.1, -0.05) is 13.3 Å². The Bertz CT molecular complexity index is 712. The van der Waals surface area contributed by atoms with E-state index in [0.29, 0.717) is 17.9 Å². The van der Waals surface area contributed by atoms with Crippen LogP contribution in [-0.4, -0.2) is 26.2 Å². The summed E-state index contributed by atoms with van der Waals surface area (Å²) in [5.74, 6) is 2.10. The summed E-state index contributed by atoms with van der Waals surface area (Å²) in [5, 5.41) is 3.01. The summed E-state index contributed by atoms with van der Waals surface area (Å²) in [6.45, 7) is 4.42. The number of hydrogen-bond acceptors (Lipinski definition) is 4. The second-order valence-corrected chi connectivity index (χ2v) is 6.15. The third-order valence-corrected chi connectivity index (χ3v) is 4.10. The van der Waals surface area contributed by atoms with Crippen molar-refractivity contribution in [2.45, 2.75) is 39.3 Å². The quantitative estimate of drug-likeness (QED) is 0.731. The molecule has 0 aliphatic heterocycles. The zero-order valence-electron chi connectivity index (χ0n) is 15.9. The minimum Gasteiger partial charge on any atom is -0.497 e. The topological polar surface area (TPSA) is 56.8 Å². The molecule has 0 saturated carbocycles. The predicted molar refractivity (Wildman–Crippen MR) is 102 cm³/mol. The highest BCUT2D eigenvalue weighted by Crippen LogP contribution is 2.23. The van der Waals surface area contributed by atoms with E-state index >= 15 is 0 Å². The Hall–Kier alpha value is -2.69. The fourth-order valence-corrected chi connectivity index (χ4v) is 2.68. The molecule has 5 nitrogen and oxygen atoms in total. The van der Waals surface area contributed by atoms with Crippen molar-refractivity contribution in [1.29, 1.82) is 0 Å². The minimum atomic E-state index is -0.0840. The normalized spacial score (nSPS) is 11.5. The van der Waals surface area contributed by atoms with Crippen LogP contribution in [0.2, 0.25) is 0 Å². The van der Waals surface area contributed by atoms with E-state index in [9.17, 15) is 4.79 Å². The second-order valence-electron chi connectivity index (χ2n) is 6.15. The van der Waals surface area contributed by atoms with Crippen LogP contribution in [0, 0.1) is 0 Å². The van der Waals surface area contributed by atoms with E-state index in [1.807, 2.05) is 37.3 Å². The standard InChI is InChI=1S/C21H27NO4/c1-5-6-15(2)22-21(23)16-7-12-20(25-4)17(13-16)14-26-19-10-8-18(24-3)9-11-19/h7-13,15H,5-6,14H2,1-4H3,(H,22,23)/t15-/m1/s1. The first-order valence-corrected chi connectivity index (χ1v) is 8.82. The van der Waals surface area contributed by atoms with Gasteiger partial charge in [0.25, 0.3) is 5.91 Å². The third kappa shape index (κ3) is 5.41. The van der Waals surface area contributed by atoms with Gasteiger partial charge in [0, 0.05) is 17.2 Å². The highest BCUT2D eigenvalue weighted by molar-refractivity contribution is 5.94. The molecule has 0 unspecified atom stereocenters. The van der Waals surface area contributed by atoms with Crippen molar-refractivity contribution >= 4 is 5.91 Å². The predicted octanol–water partition coefficient (Wildman–Crippen LogP) is 4.20. The maximum absolute atomic E-state index is 12.4. The lowest BCUT2D eigenvalue weighted by atomic mass is 10.1. The highest BCUT2D eigenvalue weighted by Gasteiger charge is 2.13. The monoisotopic (exact) mass is 357 g/mol. The fourth-order valence-electron chi connectivity index (χ4n) is 2.68. The van der Waals surface area contributed by atoms with Crippen LogP contribution in [0.4, 0.5) is 0 Å². The molecule has 140 valence electrons. The van der Waals surface area contributed by atoms with Crippen LogP contribution in [0.25, 0.3) is 0 Å². The summed E-state index contributed by atoms with van der Waals surface area (Å²) in [4.78, 5) is 12.4. The molecular formula is C21H27NO4. The van der Waals surface area contributed by atoms with Crippen molar-refractivity contribution in [1.82, 2.24) is 5.32 Å². The Morgan fingerprint density at radius 2 is 1.73 bits per heavy atom. The maximum atomic E-state index is 12.4. The van der Waals surface area contributed by atoms with Gasteiger partial charge in [-0.3, -0.25) is 4.79 Å². The molecule has 1 N–H and O–H groups in total. The van der Waals surface area contributed by atoms with E-state index < -0.39 is 0 Å². The number of carbonyl (C=O) groups excluding carboxylic acids is 1. The van der Waals surface area contributed by atoms with Crippen molar-refractivity contribution in [3.05, 3.63) is 53.6 Å². The Labute approximate surface area is 155 Å². The smallest absolute Gasteiger partial charge is 0.251 e. The van der Waals surface area contributed by atoms with E-state index in [0.717, 1.165) is 29.9 Å². The Morgan fingerprint density at radius 1 is 1.04 bits per heavy atom. The van der Waals surface area contributed by atoms with Gasteiger partial charge in [0.05, 0.1) is 14.2 Å². The van der Waals surface area contributed by atoms with Gasteiger partial charge in [-0.25, -0.2) is 0 Å². The van der Waals surface area contributed by atoms with Crippen molar-refractivity contribution < 1.29 is 19.0 Å². The lowest BCUT2D eigenvalue weighted by molar-refractivity contribution is 0.0938. The molecule has 2 aromatic carbocycles. The van der Waals surface area contributed by atoms with Crippen LogP contribution in [-0.2, 0) is 6.61 Å². The molecule has 2 rings (SSSR count). The number of methoxy groups -OCH3 is 2. The number of rotatable bonds is 9. The van der Waals surface area contributed by atoms with Gasteiger partial charge in [0.1, 0.15) is 23.9 Å². The summed E-state index contributed by atoms with van der Waals surface area (Å²) in [5.41, 5.74) is 1.42. The molecule has 0 aliphatic carbocycles. The summed E-state index contributed by atoms with van der Waals surface area (Å²) >= 11 is 0. The zero-order valence-corrected chi connectivity index (χ0v) is 15.9. The van der Waals surface area contributed by atoms with Crippen molar-refractivity contribution in [2.24, 2.45) is 0 Å². The van der Waals surface area contributed by atoms with Gasteiger partial charge >= 0.3 is 0 Å².